The Morgan fingerprint density at radius 2 is 2.17 bits per heavy atom. The van der Waals surface area contributed by atoms with Crippen LogP contribution in [0.3, 0.4) is 0 Å². The summed E-state index contributed by atoms with van der Waals surface area (Å²) in [5, 5.41) is 2.84. The summed E-state index contributed by atoms with van der Waals surface area (Å²) in [4.78, 5) is 35.0. The summed E-state index contributed by atoms with van der Waals surface area (Å²) < 4.78 is 0. The quantitative estimate of drug-likeness (QED) is 0.938. The van der Waals surface area contributed by atoms with Gasteiger partial charge in [-0.2, -0.15) is 0 Å². The number of rotatable bonds is 3. The van der Waals surface area contributed by atoms with Crippen molar-refractivity contribution in [3.63, 3.8) is 0 Å². The first kappa shape index (κ1) is 16.1. The highest BCUT2D eigenvalue weighted by atomic mass is 16.2. The number of aryl methyl sites for hydroxylation is 3. The van der Waals surface area contributed by atoms with Crippen LogP contribution in [0.25, 0.3) is 0 Å². The Morgan fingerprint density at radius 3 is 2.96 bits per heavy atom. The van der Waals surface area contributed by atoms with Crippen LogP contribution < -0.4 is 5.32 Å². The van der Waals surface area contributed by atoms with Crippen molar-refractivity contribution >= 4 is 17.5 Å². The van der Waals surface area contributed by atoms with E-state index in [0.717, 1.165) is 29.8 Å². The fraction of sp³-hybridized carbons (Fsp3) is 0.333. The molecule has 0 unspecified atom stereocenters. The van der Waals surface area contributed by atoms with Gasteiger partial charge in [0.05, 0.1) is 11.3 Å². The molecule has 0 fully saturated rings. The fourth-order valence-corrected chi connectivity index (χ4v) is 2.84. The number of aromatic nitrogens is 2. The van der Waals surface area contributed by atoms with E-state index in [1.54, 1.807) is 11.1 Å². The van der Waals surface area contributed by atoms with Crippen LogP contribution in [0.4, 0.5) is 5.69 Å². The molecule has 1 aromatic heterocycles. The maximum absolute atomic E-state index is 12.7. The van der Waals surface area contributed by atoms with Crippen LogP contribution in [0.2, 0.25) is 0 Å². The minimum absolute atomic E-state index is 0.0279. The number of benzene rings is 1. The van der Waals surface area contributed by atoms with Crippen LogP contribution in [-0.4, -0.2) is 39.8 Å². The summed E-state index contributed by atoms with van der Waals surface area (Å²) in [5.74, 6) is 0.277. The number of carbonyl (C=O) groups excluding carboxylic acids is 2. The lowest BCUT2D eigenvalue weighted by Crippen LogP contribution is -2.38. The Hall–Kier alpha value is -2.76. The molecular formula is C18H20N4O2. The number of hydrogen-bond acceptors (Lipinski definition) is 4. The van der Waals surface area contributed by atoms with Crippen LogP contribution in [0, 0.1) is 13.8 Å². The topological polar surface area (TPSA) is 75.2 Å². The lowest BCUT2D eigenvalue weighted by Gasteiger charge is -2.20. The van der Waals surface area contributed by atoms with Crippen molar-refractivity contribution in [2.24, 2.45) is 0 Å². The molecule has 1 aromatic carbocycles. The third kappa shape index (κ3) is 3.59. The highest BCUT2D eigenvalue weighted by Gasteiger charge is 2.25. The van der Waals surface area contributed by atoms with E-state index in [-0.39, 0.29) is 18.4 Å². The third-order valence-electron chi connectivity index (χ3n) is 3.98. The van der Waals surface area contributed by atoms with Gasteiger partial charge in [-0.05, 0) is 44.4 Å². The molecule has 1 N–H and O–H groups in total. The molecule has 124 valence electrons. The molecule has 0 saturated carbocycles. The predicted molar refractivity (Wildman–Crippen MR) is 90.8 cm³/mol. The molecular weight excluding hydrogens is 304 g/mol. The van der Waals surface area contributed by atoms with Crippen LogP contribution >= 0.6 is 0 Å². The Morgan fingerprint density at radius 1 is 1.33 bits per heavy atom. The van der Waals surface area contributed by atoms with Gasteiger partial charge < -0.3 is 10.2 Å². The average molecular weight is 324 g/mol. The Balaban J connectivity index is 1.71. The molecule has 2 aromatic rings. The Labute approximate surface area is 140 Å². The van der Waals surface area contributed by atoms with Gasteiger partial charge in [0.2, 0.25) is 5.91 Å². The molecule has 2 heterocycles. The Kier molecular flexibility index (Phi) is 4.55. The number of nitrogens with one attached hydrogen (secondary N) is 1. The van der Waals surface area contributed by atoms with Crippen LogP contribution in [0.5, 0.6) is 0 Å². The Bertz CT molecular complexity index is 788. The molecule has 0 saturated heterocycles. The van der Waals surface area contributed by atoms with Crippen LogP contribution in [0.15, 0.2) is 30.5 Å². The van der Waals surface area contributed by atoms with E-state index in [9.17, 15) is 9.59 Å². The van der Waals surface area contributed by atoms with Gasteiger partial charge in [0, 0.05) is 18.4 Å². The zero-order valence-electron chi connectivity index (χ0n) is 13.9. The minimum Gasteiger partial charge on any atom is -0.329 e. The SMILES string of the molecule is Cc1cccc(NC(=O)CN2CCCc3nc(C)ncc3C2=O)c1. The van der Waals surface area contributed by atoms with Gasteiger partial charge in [0.1, 0.15) is 12.4 Å². The number of carbonyl (C=O) groups is 2. The van der Waals surface area contributed by atoms with Crippen molar-refractivity contribution < 1.29 is 9.59 Å². The summed E-state index contributed by atoms with van der Waals surface area (Å²) in [6, 6.07) is 7.58. The second kappa shape index (κ2) is 6.78. The van der Waals surface area contributed by atoms with Gasteiger partial charge in [-0.15, -0.1) is 0 Å². The van der Waals surface area contributed by atoms with E-state index in [2.05, 4.69) is 15.3 Å². The van der Waals surface area contributed by atoms with E-state index in [1.807, 2.05) is 38.1 Å². The van der Waals surface area contributed by atoms with Gasteiger partial charge in [-0.3, -0.25) is 9.59 Å². The molecule has 0 radical (unpaired) electrons. The van der Waals surface area contributed by atoms with E-state index in [1.165, 1.54) is 0 Å². The van der Waals surface area contributed by atoms with Crippen LogP contribution in [0.1, 0.15) is 33.9 Å². The number of nitrogens with zero attached hydrogens (tertiary/aromatic N) is 3. The van der Waals surface area contributed by atoms with Gasteiger partial charge in [0.25, 0.3) is 5.91 Å². The van der Waals surface area contributed by atoms with Gasteiger partial charge in [0.15, 0.2) is 0 Å². The van der Waals surface area contributed by atoms with E-state index in [4.69, 9.17) is 0 Å². The van der Waals surface area contributed by atoms with E-state index in [0.29, 0.717) is 17.9 Å². The highest BCUT2D eigenvalue weighted by molar-refractivity contribution is 6.00. The molecule has 0 atom stereocenters. The number of fused-ring (bicyclic) bond motifs is 1. The molecule has 6 nitrogen and oxygen atoms in total. The standard InChI is InChI=1S/C18H20N4O2/c1-12-5-3-6-14(9-12)21-17(23)11-22-8-4-7-16-15(18(22)24)10-19-13(2)20-16/h3,5-6,9-10H,4,7-8,11H2,1-2H3,(H,21,23). The lowest BCUT2D eigenvalue weighted by molar-refractivity contribution is -0.116. The fourth-order valence-electron chi connectivity index (χ4n) is 2.84. The smallest absolute Gasteiger partial charge is 0.257 e. The van der Waals surface area contributed by atoms with Gasteiger partial charge in [-0.1, -0.05) is 12.1 Å². The first-order chi connectivity index (χ1) is 11.5. The average Bonchev–Trinajstić information content (AvgIpc) is 2.67. The maximum atomic E-state index is 12.7. The molecule has 2 amide bonds. The zero-order chi connectivity index (χ0) is 17.1. The highest BCUT2D eigenvalue weighted by Crippen LogP contribution is 2.17. The zero-order valence-corrected chi connectivity index (χ0v) is 13.9. The monoisotopic (exact) mass is 324 g/mol. The number of anilines is 1. The summed E-state index contributed by atoms with van der Waals surface area (Å²) in [6.45, 7) is 4.34. The first-order valence-electron chi connectivity index (χ1n) is 8.01. The molecule has 3 rings (SSSR count). The molecule has 6 heteroatoms. The van der Waals surface area contributed by atoms with Gasteiger partial charge >= 0.3 is 0 Å². The van der Waals surface area contributed by atoms with Crippen molar-refractivity contribution in [3.8, 4) is 0 Å². The summed E-state index contributed by atoms with van der Waals surface area (Å²) in [6.07, 6.45) is 3.07. The van der Waals surface area contributed by atoms with Crippen molar-refractivity contribution in [2.45, 2.75) is 26.7 Å². The summed E-state index contributed by atoms with van der Waals surface area (Å²) in [5.41, 5.74) is 3.08. The number of amides is 2. The van der Waals surface area contributed by atoms with E-state index < -0.39 is 0 Å². The molecule has 0 spiro atoms. The summed E-state index contributed by atoms with van der Waals surface area (Å²) in [7, 11) is 0. The molecule has 1 aliphatic rings. The number of hydrogen-bond donors (Lipinski definition) is 1. The second-order valence-corrected chi connectivity index (χ2v) is 6.03. The summed E-state index contributed by atoms with van der Waals surface area (Å²) >= 11 is 0. The first-order valence-corrected chi connectivity index (χ1v) is 8.01. The molecule has 0 aliphatic carbocycles. The van der Waals surface area contributed by atoms with Crippen molar-refractivity contribution in [1.82, 2.24) is 14.9 Å². The largest absolute Gasteiger partial charge is 0.329 e. The van der Waals surface area contributed by atoms with Crippen LogP contribution in [-0.2, 0) is 11.2 Å². The second-order valence-electron chi connectivity index (χ2n) is 6.03. The lowest BCUT2D eigenvalue weighted by atomic mass is 10.1. The van der Waals surface area contributed by atoms with Crippen molar-refractivity contribution in [2.75, 3.05) is 18.4 Å². The van der Waals surface area contributed by atoms with Gasteiger partial charge in [-0.25, -0.2) is 9.97 Å². The molecule has 1 aliphatic heterocycles. The third-order valence-corrected chi connectivity index (χ3v) is 3.98. The van der Waals surface area contributed by atoms with E-state index >= 15 is 0 Å². The molecule has 0 bridgehead atoms. The van der Waals surface area contributed by atoms with Crippen molar-refractivity contribution in [3.05, 3.63) is 53.1 Å². The normalized spacial score (nSPS) is 14.1. The maximum Gasteiger partial charge on any atom is 0.257 e. The minimum atomic E-state index is -0.203. The van der Waals surface area contributed by atoms with Crippen molar-refractivity contribution in [1.29, 1.82) is 0 Å². The predicted octanol–water partition coefficient (Wildman–Crippen LogP) is 2.12. The molecule has 24 heavy (non-hydrogen) atoms.